The molecule has 0 aromatic carbocycles. The van der Waals surface area contributed by atoms with Gasteiger partial charge in [-0.2, -0.15) is 0 Å². The van der Waals surface area contributed by atoms with E-state index in [9.17, 15) is 4.79 Å². The van der Waals surface area contributed by atoms with Crippen LogP contribution in [0.15, 0.2) is 0 Å². The van der Waals surface area contributed by atoms with Gasteiger partial charge >= 0.3 is 0 Å². The van der Waals surface area contributed by atoms with E-state index in [1.165, 1.54) is 32.2 Å². The van der Waals surface area contributed by atoms with E-state index >= 15 is 0 Å². The Labute approximate surface area is 109 Å². The van der Waals surface area contributed by atoms with Crippen LogP contribution in [0.5, 0.6) is 0 Å². The lowest BCUT2D eigenvalue weighted by atomic mass is 10.0. The SMILES string of the molecule is CN1CCC[C@@H]1[C@@H]1CCCN1C(=O)[C@@H]1CCOC1. The van der Waals surface area contributed by atoms with Crippen LogP contribution in [0.3, 0.4) is 0 Å². The van der Waals surface area contributed by atoms with Crippen LogP contribution in [-0.2, 0) is 9.53 Å². The summed E-state index contributed by atoms with van der Waals surface area (Å²) in [5.41, 5.74) is 0. The molecule has 3 rings (SSSR count). The highest BCUT2D eigenvalue weighted by Gasteiger charge is 2.40. The van der Waals surface area contributed by atoms with Gasteiger partial charge in [0.1, 0.15) is 0 Å². The molecular formula is C14H24N2O2. The lowest BCUT2D eigenvalue weighted by molar-refractivity contribution is -0.137. The lowest BCUT2D eigenvalue weighted by Crippen LogP contribution is -2.49. The highest BCUT2D eigenvalue weighted by molar-refractivity contribution is 5.80. The van der Waals surface area contributed by atoms with E-state index in [0.29, 0.717) is 24.6 Å². The van der Waals surface area contributed by atoms with Crippen LogP contribution < -0.4 is 0 Å². The lowest BCUT2D eigenvalue weighted by Gasteiger charge is -2.34. The average Bonchev–Trinajstić information content (AvgIpc) is 3.09. The number of likely N-dealkylation sites (tertiary alicyclic amines) is 2. The summed E-state index contributed by atoms with van der Waals surface area (Å²) < 4.78 is 5.36. The van der Waals surface area contributed by atoms with E-state index < -0.39 is 0 Å². The molecule has 3 aliphatic heterocycles. The van der Waals surface area contributed by atoms with Gasteiger partial charge in [0.25, 0.3) is 0 Å². The van der Waals surface area contributed by atoms with Crippen LogP contribution in [0.25, 0.3) is 0 Å². The molecule has 3 aliphatic rings. The molecule has 0 aromatic rings. The number of rotatable bonds is 2. The van der Waals surface area contributed by atoms with Crippen LogP contribution in [0, 0.1) is 5.92 Å². The second-order valence-electron chi connectivity index (χ2n) is 5.99. The van der Waals surface area contributed by atoms with Crippen molar-refractivity contribution < 1.29 is 9.53 Å². The number of hydrogen-bond donors (Lipinski definition) is 0. The Morgan fingerprint density at radius 3 is 2.56 bits per heavy atom. The highest BCUT2D eigenvalue weighted by atomic mass is 16.5. The molecule has 18 heavy (non-hydrogen) atoms. The van der Waals surface area contributed by atoms with Crippen molar-refractivity contribution in [2.75, 3.05) is 33.4 Å². The van der Waals surface area contributed by atoms with Crippen molar-refractivity contribution in [1.29, 1.82) is 0 Å². The first-order valence-electron chi connectivity index (χ1n) is 7.36. The van der Waals surface area contributed by atoms with E-state index in [-0.39, 0.29) is 5.92 Å². The Hall–Kier alpha value is -0.610. The molecule has 0 saturated carbocycles. The summed E-state index contributed by atoms with van der Waals surface area (Å²) in [6.45, 7) is 3.56. The molecular weight excluding hydrogens is 228 g/mol. The molecule has 1 amide bonds. The molecule has 4 nitrogen and oxygen atoms in total. The third kappa shape index (κ3) is 2.16. The molecule has 0 spiro atoms. The Balaban J connectivity index is 1.68. The summed E-state index contributed by atoms with van der Waals surface area (Å²) in [6, 6.07) is 1.06. The minimum absolute atomic E-state index is 0.136. The fraction of sp³-hybridized carbons (Fsp3) is 0.929. The van der Waals surface area contributed by atoms with Crippen molar-refractivity contribution in [3.8, 4) is 0 Å². The van der Waals surface area contributed by atoms with E-state index in [0.717, 1.165) is 19.6 Å². The molecule has 0 unspecified atom stereocenters. The van der Waals surface area contributed by atoms with Gasteiger partial charge < -0.3 is 14.5 Å². The van der Waals surface area contributed by atoms with Gasteiger partial charge in [0.05, 0.1) is 12.5 Å². The van der Waals surface area contributed by atoms with E-state index in [1.54, 1.807) is 0 Å². The normalized spacial score (nSPS) is 37.6. The third-order valence-electron chi connectivity index (χ3n) is 4.88. The van der Waals surface area contributed by atoms with Crippen LogP contribution in [0.4, 0.5) is 0 Å². The van der Waals surface area contributed by atoms with E-state index in [4.69, 9.17) is 4.74 Å². The largest absolute Gasteiger partial charge is 0.381 e. The van der Waals surface area contributed by atoms with Crippen LogP contribution in [0.2, 0.25) is 0 Å². The molecule has 102 valence electrons. The number of hydrogen-bond acceptors (Lipinski definition) is 3. The highest BCUT2D eigenvalue weighted by Crippen LogP contribution is 2.31. The number of carbonyl (C=O) groups is 1. The summed E-state index contributed by atoms with van der Waals surface area (Å²) in [4.78, 5) is 17.2. The number of carbonyl (C=O) groups excluding carboxylic acids is 1. The van der Waals surface area contributed by atoms with Crippen molar-refractivity contribution in [3.63, 3.8) is 0 Å². The maximum atomic E-state index is 12.5. The Kier molecular flexibility index (Phi) is 3.57. The minimum Gasteiger partial charge on any atom is -0.381 e. The number of nitrogens with zero attached hydrogens (tertiary/aromatic N) is 2. The second-order valence-corrected chi connectivity index (χ2v) is 5.99. The van der Waals surface area contributed by atoms with Crippen LogP contribution >= 0.6 is 0 Å². The molecule has 0 aromatic heterocycles. The molecule has 3 fully saturated rings. The molecule has 0 bridgehead atoms. The van der Waals surface area contributed by atoms with Crippen LogP contribution in [0.1, 0.15) is 32.1 Å². The van der Waals surface area contributed by atoms with E-state index in [1.807, 2.05) is 0 Å². The summed E-state index contributed by atoms with van der Waals surface area (Å²) in [5.74, 6) is 0.493. The second kappa shape index (κ2) is 5.17. The first-order valence-corrected chi connectivity index (χ1v) is 7.36. The molecule has 3 heterocycles. The van der Waals surface area contributed by atoms with Crippen molar-refractivity contribution >= 4 is 5.91 Å². The predicted octanol–water partition coefficient (Wildman–Crippen LogP) is 1.11. The smallest absolute Gasteiger partial charge is 0.228 e. The first-order chi connectivity index (χ1) is 8.77. The third-order valence-corrected chi connectivity index (χ3v) is 4.88. The molecule has 4 heteroatoms. The first kappa shape index (κ1) is 12.4. The summed E-state index contributed by atoms with van der Waals surface area (Å²) in [5, 5.41) is 0. The monoisotopic (exact) mass is 252 g/mol. The number of ether oxygens (including phenoxy) is 1. The van der Waals surface area contributed by atoms with Gasteiger partial charge in [0.15, 0.2) is 0 Å². The van der Waals surface area contributed by atoms with Crippen molar-refractivity contribution in [1.82, 2.24) is 9.80 Å². The van der Waals surface area contributed by atoms with Crippen molar-refractivity contribution in [2.24, 2.45) is 5.92 Å². The Morgan fingerprint density at radius 1 is 1.11 bits per heavy atom. The topological polar surface area (TPSA) is 32.8 Å². The molecule has 3 saturated heterocycles. The zero-order valence-electron chi connectivity index (χ0n) is 11.3. The maximum absolute atomic E-state index is 12.5. The standard InChI is InChI=1S/C14H24N2O2/c1-15-7-2-4-12(15)13-5-3-8-16(13)14(17)11-6-9-18-10-11/h11-13H,2-10H2,1H3/t11-,12-,13+/m1/s1. The quantitative estimate of drug-likeness (QED) is 0.738. The summed E-state index contributed by atoms with van der Waals surface area (Å²) in [7, 11) is 2.21. The minimum atomic E-state index is 0.136. The molecule has 3 atom stereocenters. The molecule has 0 radical (unpaired) electrons. The Morgan fingerprint density at radius 2 is 1.89 bits per heavy atom. The van der Waals surface area contributed by atoms with Gasteiger partial charge in [-0.3, -0.25) is 4.79 Å². The van der Waals surface area contributed by atoms with Gasteiger partial charge in [-0.25, -0.2) is 0 Å². The number of amides is 1. The fourth-order valence-corrected chi connectivity index (χ4v) is 3.85. The summed E-state index contributed by atoms with van der Waals surface area (Å²) >= 11 is 0. The van der Waals surface area contributed by atoms with Gasteiger partial charge in [-0.1, -0.05) is 0 Å². The zero-order valence-corrected chi connectivity index (χ0v) is 11.3. The van der Waals surface area contributed by atoms with Gasteiger partial charge in [-0.15, -0.1) is 0 Å². The van der Waals surface area contributed by atoms with E-state index in [2.05, 4.69) is 16.8 Å². The Bertz CT molecular complexity index is 315. The predicted molar refractivity (Wildman–Crippen MR) is 69.3 cm³/mol. The average molecular weight is 252 g/mol. The van der Waals surface area contributed by atoms with Crippen LogP contribution in [-0.4, -0.2) is 61.1 Å². The fourth-order valence-electron chi connectivity index (χ4n) is 3.85. The maximum Gasteiger partial charge on any atom is 0.228 e. The van der Waals surface area contributed by atoms with Gasteiger partial charge in [0.2, 0.25) is 5.91 Å². The number of likely N-dealkylation sites (N-methyl/N-ethyl adjacent to an activating group) is 1. The van der Waals surface area contributed by atoms with Crippen molar-refractivity contribution in [3.05, 3.63) is 0 Å². The van der Waals surface area contributed by atoms with Gasteiger partial charge in [-0.05, 0) is 45.7 Å². The zero-order chi connectivity index (χ0) is 12.5. The van der Waals surface area contributed by atoms with Gasteiger partial charge in [0, 0.05) is 25.2 Å². The summed E-state index contributed by atoms with van der Waals surface area (Å²) in [6.07, 6.45) is 5.82. The molecule has 0 aliphatic carbocycles. The van der Waals surface area contributed by atoms with Crippen molar-refractivity contribution in [2.45, 2.75) is 44.2 Å². The molecule has 0 N–H and O–H groups in total.